The molecule has 0 aliphatic carbocycles. The van der Waals surface area contributed by atoms with Crippen molar-refractivity contribution < 1.29 is 9.47 Å². The molecule has 0 radical (unpaired) electrons. The maximum Gasteiger partial charge on any atom is 0.213 e. The van der Waals surface area contributed by atoms with Crippen LogP contribution in [-0.4, -0.2) is 43.9 Å². The number of halogens is 1. The third-order valence-electron chi connectivity index (χ3n) is 2.76. The standard InChI is InChI=1S/C16H28N4O2.HI/c1-4-10-22-15-8-7-14(12-19-15)13-20-16(17-5-2)18-9-11-21-6-3;/h7-8,12H,4-6,9-11,13H2,1-3H3,(H2,17,18,20);1H. The molecule has 2 N–H and O–H groups in total. The van der Waals surface area contributed by atoms with Crippen LogP contribution in [0.3, 0.4) is 0 Å². The van der Waals surface area contributed by atoms with Gasteiger partial charge in [0.2, 0.25) is 5.88 Å². The zero-order valence-electron chi connectivity index (χ0n) is 14.3. The number of rotatable bonds is 10. The van der Waals surface area contributed by atoms with Crippen molar-refractivity contribution in [2.75, 3.05) is 32.9 Å². The van der Waals surface area contributed by atoms with Gasteiger partial charge in [0.1, 0.15) is 0 Å². The first-order valence-corrected chi connectivity index (χ1v) is 7.97. The normalized spacial score (nSPS) is 10.8. The van der Waals surface area contributed by atoms with Crippen LogP contribution >= 0.6 is 24.0 Å². The molecule has 0 spiro atoms. The maximum atomic E-state index is 5.46. The lowest BCUT2D eigenvalue weighted by atomic mass is 10.3. The van der Waals surface area contributed by atoms with Gasteiger partial charge in [0, 0.05) is 32.0 Å². The highest BCUT2D eigenvalue weighted by Gasteiger charge is 1.99. The molecular formula is C16H29IN4O2. The molecular weight excluding hydrogens is 407 g/mol. The molecule has 6 nitrogen and oxygen atoms in total. The van der Waals surface area contributed by atoms with Gasteiger partial charge >= 0.3 is 0 Å². The summed E-state index contributed by atoms with van der Waals surface area (Å²) in [7, 11) is 0. The lowest BCUT2D eigenvalue weighted by Crippen LogP contribution is -2.39. The summed E-state index contributed by atoms with van der Waals surface area (Å²) in [6, 6.07) is 3.88. The Hall–Kier alpha value is -1.09. The van der Waals surface area contributed by atoms with Crippen molar-refractivity contribution in [2.45, 2.75) is 33.7 Å². The van der Waals surface area contributed by atoms with Crippen molar-refractivity contribution in [3.63, 3.8) is 0 Å². The van der Waals surface area contributed by atoms with Gasteiger partial charge in [0.25, 0.3) is 0 Å². The van der Waals surface area contributed by atoms with Crippen LogP contribution in [0.2, 0.25) is 0 Å². The Labute approximate surface area is 156 Å². The van der Waals surface area contributed by atoms with Gasteiger partial charge in [0.05, 0.1) is 19.8 Å². The van der Waals surface area contributed by atoms with Crippen LogP contribution in [0.5, 0.6) is 5.88 Å². The summed E-state index contributed by atoms with van der Waals surface area (Å²) < 4.78 is 10.8. The Balaban J connectivity index is 0.00000484. The largest absolute Gasteiger partial charge is 0.478 e. The molecule has 0 saturated carbocycles. The zero-order chi connectivity index (χ0) is 16.0. The van der Waals surface area contributed by atoms with E-state index >= 15 is 0 Å². The van der Waals surface area contributed by atoms with Crippen LogP contribution in [0.25, 0.3) is 0 Å². The predicted molar refractivity (Wildman–Crippen MR) is 105 cm³/mol. The molecule has 0 aliphatic heterocycles. The van der Waals surface area contributed by atoms with E-state index in [4.69, 9.17) is 9.47 Å². The molecule has 132 valence electrons. The van der Waals surface area contributed by atoms with Gasteiger partial charge in [0.15, 0.2) is 5.96 Å². The summed E-state index contributed by atoms with van der Waals surface area (Å²) in [6.45, 7) is 10.3. The van der Waals surface area contributed by atoms with Crippen LogP contribution in [0.1, 0.15) is 32.8 Å². The quantitative estimate of drug-likeness (QED) is 0.256. The third kappa shape index (κ3) is 10.3. The van der Waals surface area contributed by atoms with E-state index in [-0.39, 0.29) is 24.0 Å². The molecule has 1 heterocycles. The van der Waals surface area contributed by atoms with Crippen LogP contribution in [-0.2, 0) is 11.3 Å². The second-order valence-corrected chi connectivity index (χ2v) is 4.67. The first kappa shape index (κ1) is 21.9. The number of pyridine rings is 1. The molecule has 0 fully saturated rings. The van der Waals surface area contributed by atoms with Crippen LogP contribution < -0.4 is 15.4 Å². The molecule has 0 saturated heterocycles. The van der Waals surface area contributed by atoms with Gasteiger partial charge in [-0.3, -0.25) is 0 Å². The Morgan fingerprint density at radius 3 is 2.61 bits per heavy atom. The number of nitrogens with zero attached hydrogens (tertiary/aromatic N) is 2. The van der Waals surface area contributed by atoms with Gasteiger partial charge in [-0.2, -0.15) is 0 Å². The first-order chi connectivity index (χ1) is 10.8. The van der Waals surface area contributed by atoms with Gasteiger partial charge < -0.3 is 20.1 Å². The SMILES string of the molecule is CCCOc1ccc(CN=C(NCC)NCCOCC)cn1.I. The summed E-state index contributed by atoms with van der Waals surface area (Å²) in [5.41, 5.74) is 1.05. The van der Waals surface area contributed by atoms with Crippen LogP contribution in [0, 0.1) is 0 Å². The highest BCUT2D eigenvalue weighted by molar-refractivity contribution is 14.0. The lowest BCUT2D eigenvalue weighted by Gasteiger charge is -2.11. The topological polar surface area (TPSA) is 67.8 Å². The van der Waals surface area contributed by atoms with Crippen molar-refractivity contribution in [2.24, 2.45) is 4.99 Å². The molecule has 1 aromatic rings. The highest BCUT2D eigenvalue weighted by Crippen LogP contribution is 2.08. The van der Waals surface area contributed by atoms with Gasteiger partial charge in [-0.25, -0.2) is 9.98 Å². The highest BCUT2D eigenvalue weighted by atomic mass is 127. The lowest BCUT2D eigenvalue weighted by molar-refractivity contribution is 0.152. The molecule has 1 aromatic heterocycles. The molecule has 7 heteroatoms. The third-order valence-corrected chi connectivity index (χ3v) is 2.76. The number of guanidine groups is 1. The Kier molecular flexibility index (Phi) is 13.8. The predicted octanol–water partition coefficient (Wildman–Crippen LogP) is 2.58. The van der Waals surface area contributed by atoms with E-state index in [0.717, 1.165) is 37.6 Å². The van der Waals surface area contributed by atoms with Crippen molar-refractivity contribution >= 4 is 29.9 Å². The molecule has 0 aliphatic rings. The second kappa shape index (κ2) is 14.5. The molecule has 0 aromatic carbocycles. The first-order valence-electron chi connectivity index (χ1n) is 7.97. The number of ether oxygens (including phenoxy) is 2. The molecule has 23 heavy (non-hydrogen) atoms. The van der Waals surface area contributed by atoms with E-state index in [0.29, 0.717) is 25.6 Å². The van der Waals surface area contributed by atoms with Gasteiger partial charge in [-0.05, 0) is 25.8 Å². The minimum absolute atomic E-state index is 0. The van der Waals surface area contributed by atoms with E-state index in [9.17, 15) is 0 Å². The summed E-state index contributed by atoms with van der Waals surface area (Å²) >= 11 is 0. The second-order valence-electron chi connectivity index (χ2n) is 4.67. The minimum Gasteiger partial charge on any atom is -0.478 e. The number of aromatic nitrogens is 1. The van der Waals surface area contributed by atoms with E-state index in [2.05, 4.69) is 27.5 Å². The zero-order valence-corrected chi connectivity index (χ0v) is 16.6. The summed E-state index contributed by atoms with van der Waals surface area (Å²) in [5.74, 6) is 1.45. The van der Waals surface area contributed by atoms with E-state index in [1.807, 2.05) is 26.0 Å². The average Bonchev–Trinajstić information content (AvgIpc) is 2.55. The fraction of sp³-hybridized carbons (Fsp3) is 0.625. The van der Waals surface area contributed by atoms with E-state index in [1.165, 1.54) is 0 Å². The number of nitrogens with one attached hydrogen (secondary N) is 2. The molecule has 0 bridgehead atoms. The average molecular weight is 436 g/mol. The van der Waals surface area contributed by atoms with Gasteiger partial charge in [-0.1, -0.05) is 13.0 Å². The summed E-state index contributed by atoms with van der Waals surface area (Å²) in [6.07, 6.45) is 2.78. The fourth-order valence-corrected chi connectivity index (χ4v) is 1.69. The number of aliphatic imine (C=N–C) groups is 1. The Bertz CT molecular complexity index is 427. The van der Waals surface area contributed by atoms with Crippen LogP contribution in [0.4, 0.5) is 0 Å². The summed E-state index contributed by atoms with van der Waals surface area (Å²) in [4.78, 5) is 8.81. The van der Waals surface area contributed by atoms with Gasteiger partial charge in [-0.15, -0.1) is 24.0 Å². The molecule has 0 unspecified atom stereocenters. The van der Waals surface area contributed by atoms with Crippen LogP contribution in [0.15, 0.2) is 23.3 Å². The number of hydrogen-bond acceptors (Lipinski definition) is 4. The Morgan fingerprint density at radius 2 is 2.00 bits per heavy atom. The van der Waals surface area contributed by atoms with E-state index < -0.39 is 0 Å². The smallest absolute Gasteiger partial charge is 0.213 e. The molecule has 1 rings (SSSR count). The fourth-order valence-electron chi connectivity index (χ4n) is 1.69. The van der Waals surface area contributed by atoms with Crippen molar-refractivity contribution in [3.8, 4) is 5.88 Å². The minimum atomic E-state index is 0. The van der Waals surface area contributed by atoms with E-state index in [1.54, 1.807) is 6.20 Å². The maximum absolute atomic E-state index is 5.46. The Morgan fingerprint density at radius 1 is 1.17 bits per heavy atom. The van der Waals surface area contributed by atoms with Crippen molar-refractivity contribution in [1.82, 2.24) is 15.6 Å². The number of hydrogen-bond donors (Lipinski definition) is 2. The van der Waals surface area contributed by atoms with Crippen molar-refractivity contribution in [3.05, 3.63) is 23.9 Å². The summed E-state index contributed by atoms with van der Waals surface area (Å²) in [5, 5.41) is 6.44. The van der Waals surface area contributed by atoms with Crippen molar-refractivity contribution in [1.29, 1.82) is 0 Å². The molecule has 0 amide bonds. The molecule has 0 atom stereocenters. The monoisotopic (exact) mass is 436 g/mol.